The van der Waals surface area contributed by atoms with E-state index < -0.39 is 0 Å². The summed E-state index contributed by atoms with van der Waals surface area (Å²) in [6.45, 7) is 4.38. The van der Waals surface area contributed by atoms with Gasteiger partial charge in [0.1, 0.15) is 10.8 Å². The van der Waals surface area contributed by atoms with Gasteiger partial charge in [-0.1, -0.05) is 0 Å². The second kappa shape index (κ2) is 5.92. The minimum atomic E-state index is -0.212. The van der Waals surface area contributed by atoms with Gasteiger partial charge in [-0.25, -0.2) is 4.98 Å². The van der Waals surface area contributed by atoms with Gasteiger partial charge in [0, 0.05) is 16.6 Å². The molecule has 0 saturated heterocycles. The van der Waals surface area contributed by atoms with Gasteiger partial charge in [0.15, 0.2) is 0 Å². The fourth-order valence-corrected chi connectivity index (χ4v) is 2.61. The van der Waals surface area contributed by atoms with E-state index in [9.17, 15) is 4.79 Å². The van der Waals surface area contributed by atoms with Crippen LogP contribution in [0.1, 0.15) is 25.9 Å². The van der Waals surface area contributed by atoms with Gasteiger partial charge in [0.25, 0.3) is 5.91 Å². The quantitative estimate of drug-likeness (QED) is 0.847. The maximum absolute atomic E-state index is 12.1. The third-order valence-corrected chi connectivity index (χ3v) is 4.05. The summed E-state index contributed by atoms with van der Waals surface area (Å²) >= 11 is 1.58. The summed E-state index contributed by atoms with van der Waals surface area (Å²) in [7, 11) is 1.56. The zero-order valence-corrected chi connectivity index (χ0v) is 12.5. The van der Waals surface area contributed by atoms with Gasteiger partial charge in [0.2, 0.25) is 0 Å². The summed E-state index contributed by atoms with van der Waals surface area (Å²) in [5.74, 6) is 0.417. The molecule has 0 saturated carbocycles. The molecule has 1 aromatic carbocycles. The summed E-state index contributed by atoms with van der Waals surface area (Å²) in [5.41, 5.74) is 7.68. The molecular weight excluding hydrogens is 274 g/mol. The number of amides is 1. The van der Waals surface area contributed by atoms with E-state index >= 15 is 0 Å². The van der Waals surface area contributed by atoms with Crippen LogP contribution in [0.3, 0.4) is 0 Å². The van der Waals surface area contributed by atoms with Crippen molar-refractivity contribution < 1.29 is 9.53 Å². The molecule has 1 aromatic heterocycles. The van der Waals surface area contributed by atoms with Crippen molar-refractivity contribution in [2.24, 2.45) is 0 Å². The lowest BCUT2D eigenvalue weighted by Crippen LogP contribution is -2.23. The van der Waals surface area contributed by atoms with Crippen molar-refractivity contribution >= 4 is 22.9 Å². The van der Waals surface area contributed by atoms with Crippen LogP contribution in [0.5, 0.6) is 5.75 Å². The van der Waals surface area contributed by atoms with E-state index in [0.717, 1.165) is 10.7 Å². The molecule has 2 rings (SSSR count). The number of carbonyl (C=O) groups excluding carboxylic acids is 1. The highest BCUT2D eigenvalue weighted by atomic mass is 32.1. The molecule has 0 fully saturated rings. The molecule has 0 atom stereocenters. The number of carbonyl (C=O) groups is 1. The number of nitrogens with two attached hydrogens (primary N) is 1. The van der Waals surface area contributed by atoms with Gasteiger partial charge in [-0.3, -0.25) is 4.79 Å². The van der Waals surface area contributed by atoms with Gasteiger partial charge < -0.3 is 15.8 Å². The molecule has 1 amide bonds. The van der Waals surface area contributed by atoms with E-state index in [1.807, 2.05) is 13.8 Å². The Bertz CT molecular complexity index is 618. The Morgan fingerprint density at radius 2 is 2.20 bits per heavy atom. The van der Waals surface area contributed by atoms with Gasteiger partial charge >= 0.3 is 0 Å². The average Bonchev–Trinajstić information content (AvgIpc) is 2.75. The predicted octanol–water partition coefficient (Wildman–Crippen LogP) is 2.28. The van der Waals surface area contributed by atoms with E-state index in [4.69, 9.17) is 10.5 Å². The van der Waals surface area contributed by atoms with E-state index in [1.165, 1.54) is 4.88 Å². The number of rotatable bonds is 4. The number of nitrogens with one attached hydrogen (secondary N) is 1. The Balaban J connectivity index is 2.05. The normalized spacial score (nSPS) is 10.3. The van der Waals surface area contributed by atoms with Crippen molar-refractivity contribution in [1.29, 1.82) is 0 Å². The van der Waals surface area contributed by atoms with E-state index in [0.29, 0.717) is 23.5 Å². The Morgan fingerprint density at radius 1 is 1.45 bits per heavy atom. The van der Waals surface area contributed by atoms with Crippen molar-refractivity contribution in [2.75, 3.05) is 12.8 Å². The summed E-state index contributed by atoms with van der Waals surface area (Å²) in [6, 6.07) is 5.00. The fourth-order valence-electron chi connectivity index (χ4n) is 1.74. The van der Waals surface area contributed by atoms with Crippen molar-refractivity contribution in [1.82, 2.24) is 10.3 Å². The lowest BCUT2D eigenvalue weighted by atomic mass is 10.1. The second-order valence-electron chi connectivity index (χ2n) is 4.39. The molecule has 0 radical (unpaired) electrons. The largest absolute Gasteiger partial charge is 0.497 e. The van der Waals surface area contributed by atoms with Gasteiger partial charge in [-0.2, -0.15) is 0 Å². The van der Waals surface area contributed by atoms with Crippen LogP contribution in [0.2, 0.25) is 0 Å². The van der Waals surface area contributed by atoms with Crippen molar-refractivity contribution in [2.45, 2.75) is 20.4 Å². The first kappa shape index (κ1) is 14.3. The number of nitrogen functional groups attached to an aromatic ring is 1. The molecule has 6 heteroatoms. The molecule has 0 aliphatic heterocycles. The highest BCUT2D eigenvalue weighted by molar-refractivity contribution is 7.11. The van der Waals surface area contributed by atoms with Crippen LogP contribution in [0.4, 0.5) is 5.69 Å². The molecule has 0 aliphatic carbocycles. The molecule has 5 nitrogen and oxygen atoms in total. The zero-order chi connectivity index (χ0) is 14.7. The van der Waals surface area contributed by atoms with Crippen molar-refractivity contribution in [3.8, 4) is 5.75 Å². The van der Waals surface area contributed by atoms with Crippen molar-refractivity contribution in [3.63, 3.8) is 0 Å². The first-order valence-corrected chi connectivity index (χ1v) is 6.97. The first-order chi connectivity index (χ1) is 9.51. The topological polar surface area (TPSA) is 77.2 Å². The van der Waals surface area contributed by atoms with E-state index in [-0.39, 0.29) is 5.91 Å². The molecule has 1 heterocycles. The standard InChI is InChI=1S/C14H17N3O2S/c1-8-9(2)20-13(17-8)7-16-14(18)11-5-4-10(19-3)6-12(11)15/h4-6H,7,15H2,1-3H3,(H,16,18). The lowest BCUT2D eigenvalue weighted by Gasteiger charge is -2.08. The van der Waals surface area contributed by atoms with Crippen LogP contribution < -0.4 is 15.8 Å². The number of anilines is 1. The van der Waals surface area contributed by atoms with Crippen LogP contribution in [0.25, 0.3) is 0 Å². The van der Waals surface area contributed by atoms with Crippen LogP contribution in [-0.4, -0.2) is 18.0 Å². The molecule has 106 valence electrons. The smallest absolute Gasteiger partial charge is 0.253 e. The number of hydrogen-bond donors (Lipinski definition) is 2. The summed E-state index contributed by atoms with van der Waals surface area (Å²) in [6.07, 6.45) is 0. The number of aromatic nitrogens is 1. The number of hydrogen-bond acceptors (Lipinski definition) is 5. The molecule has 3 N–H and O–H groups in total. The molecule has 2 aromatic rings. The number of nitrogens with zero attached hydrogens (tertiary/aromatic N) is 1. The number of benzene rings is 1. The summed E-state index contributed by atoms with van der Waals surface area (Å²) < 4.78 is 5.05. The lowest BCUT2D eigenvalue weighted by molar-refractivity contribution is 0.0951. The predicted molar refractivity (Wildman–Crippen MR) is 80.2 cm³/mol. The Morgan fingerprint density at radius 3 is 2.75 bits per heavy atom. The maximum atomic E-state index is 12.1. The fraction of sp³-hybridized carbons (Fsp3) is 0.286. The minimum Gasteiger partial charge on any atom is -0.497 e. The number of thiazole rings is 1. The first-order valence-electron chi connectivity index (χ1n) is 6.16. The van der Waals surface area contributed by atoms with E-state index in [1.54, 1.807) is 36.6 Å². The monoisotopic (exact) mass is 291 g/mol. The maximum Gasteiger partial charge on any atom is 0.253 e. The zero-order valence-electron chi connectivity index (χ0n) is 11.7. The number of ether oxygens (including phenoxy) is 1. The average molecular weight is 291 g/mol. The highest BCUT2D eigenvalue weighted by Gasteiger charge is 2.11. The van der Waals surface area contributed by atoms with E-state index in [2.05, 4.69) is 10.3 Å². The summed E-state index contributed by atoms with van der Waals surface area (Å²) in [4.78, 5) is 17.6. The third kappa shape index (κ3) is 3.08. The van der Waals surface area contributed by atoms with Gasteiger partial charge in [-0.05, 0) is 26.0 Å². The van der Waals surface area contributed by atoms with Crippen LogP contribution in [-0.2, 0) is 6.54 Å². The molecule has 0 spiro atoms. The minimum absolute atomic E-state index is 0.212. The van der Waals surface area contributed by atoms with Gasteiger partial charge in [-0.15, -0.1) is 11.3 Å². The highest BCUT2D eigenvalue weighted by Crippen LogP contribution is 2.20. The van der Waals surface area contributed by atoms with Crippen LogP contribution in [0.15, 0.2) is 18.2 Å². The molecule has 0 unspecified atom stereocenters. The Labute approximate surface area is 121 Å². The molecule has 0 aliphatic rings. The Kier molecular flexibility index (Phi) is 4.24. The number of aryl methyl sites for hydroxylation is 2. The Hall–Kier alpha value is -2.08. The second-order valence-corrected chi connectivity index (χ2v) is 5.67. The molecular formula is C14H17N3O2S. The molecule has 0 bridgehead atoms. The number of methoxy groups -OCH3 is 1. The molecule has 20 heavy (non-hydrogen) atoms. The SMILES string of the molecule is COc1ccc(C(=O)NCc2nc(C)c(C)s2)c(N)c1. The van der Waals surface area contributed by atoms with Gasteiger partial charge in [0.05, 0.1) is 24.9 Å². The van der Waals surface area contributed by atoms with Crippen molar-refractivity contribution in [3.05, 3.63) is 39.3 Å². The van der Waals surface area contributed by atoms with Crippen LogP contribution in [0, 0.1) is 13.8 Å². The third-order valence-electron chi connectivity index (χ3n) is 2.98. The van der Waals surface area contributed by atoms with Crippen LogP contribution >= 0.6 is 11.3 Å². The summed E-state index contributed by atoms with van der Waals surface area (Å²) in [5, 5.41) is 3.71.